The van der Waals surface area contributed by atoms with Crippen LogP contribution in [0.4, 0.5) is 4.79 Å². The number of ether oxygens (including phenoxy) is 2. The molecule has 2 aliphatic heterocycles. The third-order valence-electron chi connectivity index (χ3n) is 5.63. The zero-order valence-corrected chi connectivity index (χ0v) is 16.2. The van der Waals surface area contributed by atoms with Crippen LogP contribution >= 0.6 is 0 Å². The number of rotatable bonds is 7. The maximum Gasteiger partial charge on any atom is 0.407 e. The third-order valence-corrected chi connectivity index (χ3v) is 5.63. The lowest BCUT2D eigenvalue weighted by Crippen LogP contribution is -2.43. The third kappa shape index (κ3) is 5.34. The van der Waals surface area contributed by atoms with E-state index in [0.717, 1.165) is 30.7 Å². The van der Waals surface area contributed by atoms with Gasteiger partial charge >= 0.3 is 6.09 Å². The number of β-amino-alcohol motifs (C(OH)–C–C–N with tert-alkyl or cyclic N) is 1. The smallest absolute Gasteiger partial charge is 0.407 e. The molecule has 150 valence electrons. The summed E-state index contributed by atoms with van der Waals surface area (Å²) in [6.45, 7) is 4.19. The molecule has 2 aliphatic rings. The van der Waals surface area contributed by atoms with Crippen LogP contribution in [0.5, 0.6) is 5.75 Å². The quantitative estimate of drug-likeness (QED) is 0.571. The number of methoxy groups -OCH3 is 1. The number of nitrogens with one attached hydrogen (secondary N) is 3. The molecule has 0 saturated carbocycles. The Labute approximate surface area is 160 Å². The predicted molar refractivity (Wildman–Crippen MR) is 103 cm³/mol. The first-order chi connectivity index (χ1) is 13.0. The second-order valence-corrected chi connectivity index (χ2v) is 7.77. The van der Waals surface area contributed by atoms with Crippen LogP contribution in [0.3, 0.4) is 0 Å². The van der Waals surface area contributed by atoms with Gasteiger partial charge in [0.25, 0.3) is 0 Å². The summed E-state index contributed by atoms with van der Waals surface area (Å²) in [6.07, 6.45) is 2.10. The number of alkyl carbamates (subject to hydrolysis) is 1. The van der Waals surface area contributed by atoms with Gasteiger partial charge in [0, 0.05) is 18.6 Å². The molecule has 2 fully saturated rings. The molecule has 4 N–H and O–H groups in total. The van der Waals surface area contributed by atoms with Crippen LogP contribution in [0.1, 0.15) is 31.7 Å². The number of benzene rings is 1. The number of aliphatic hydroxyl groups is 1. The van der Waals surface area contributed by atoms with Gasteiger partial charge in [-0.15, -0.1) is 0 Å². The summed E-state index contributed by atoms with van der Waals surface area (Å²) in [7, 11) is 1.63. The molecule has 7 heteroatoms. The van der Waals surface area contributed by atoms with E-state index in [-0.39, 0.29) is 11.6 Å². The molecular weight excluding hydrogens is 346 g/mol. The van der Waals surface area contributed by atoms with Gasteiger partial charge in [-0.05, 0) is 56.8 Å². The summed E-state index contributed by atoms with van der Waals surface area (Å²) in [6, 6.07) is 7.66. The van der Waals surface area contributed by atoms with E-state index in [1.165, 1.54) is 6.42 Å². The Morgan fingerprint density at radius 2 is 2.15 bits per heavy atom. The molecule has 0 aromatic heterocycles. The van der Waals surface area contributed by atoms with Gasteiger partial charge < -0.3 is 30.5 Å². The van der Waals surface area contributed by atoms with Crippen LogP contribution in [0.2, 0.25) is 0 Å². The predicted octanol–water partition coefficient (Wildman–Crippen LogP) is 1.20. The van der Waals surface area contributed by atoms with Crippen LogP contribution in [-0.2, 0) is 11.2 Å². The number of carbonyl (C=O) groups excluding carboxylic acids is 1. The van der Waals surface area contributed by atoms with E-state index in [1.807, 2.05) is 24.3 Å². The number of aliphatic hydroxyl groups excluding tert-OH is 1. The Morgan fingerprint density at radius 1 is 1.37 bits per heavy atom. The number of amides is 1. The Morgan fingerprint density at radius 3 is 2.81 bits per heavy atom. The van der Waals surface area contributed by atoms with E-state index >= 15 is 0 Å². The van der Waals surface area contributed by atoms with Crippen molar-refractivity contribution in [2.75, 3.05) is 26.7 Å². The van der Waals surface area contributed by atoms with Gasteiger partial charge in [0.15, 0.2) is 0 Å². The number of hydrogen-bond donors (Lipinski definition) is 4. The fourth-order valence-corrected chi connectivity index (χ4v) is 3.91. The van der Waals surface area contributed by atoms with E-state index in [4.69, 9.17) is 9.47 Å². The summed E-state index contributed by atoms with van der Waals surface area (Å²) < 4.78 is 10.7. The van der Waals surface area contributed by atoms with Crippen LogP contribution in [0.25, 0.3) is 0 Å². The molecule has 0 radical (unpaired) electrons. The lowest BCUT2D eigenvalue weighted by atomic mass is 9.96. The van der Waals surface area contributed by atoms with Crippen molar-refractivity contribution in [2.24, 2.45) is 0 Å². The van der Waals surface area contributed by atoms with Gasteiger partial charge in [-0.1, -0.05) is 12.1 Å². The van der Waals surface area contributed by atoms with Crippen molar-refractivity contribution in [1.82, 2.24) is 16.0 Å². The maximum absolute atomic E-state index is 12.2. The SMILES string of the molecule is COc1ccc(C[C@H]2NC[C@H](O)[C@H]2OC(=O)NCC[C@@]2(C)CCCN2)cc1. The highest BCUT2D eigenvalue weighted by Gasteiger charge is 2.38. The second kappa shape index (κ2) is 8.91. The molecule has 0 unspecified atom stereocenters. The lowest BCUT2D eigenvalue weighted by molar-refractivity contribution is 0.0188. The van der Waals surface area contributed by atoms with Crippen molar-refractivity contribution < 1.29 is 19.4 Å². The van der Waals surface area contributed by atoms with E-state index in [2.05, 4.69) is 22.9 Å². The number of hydrogen-bond acceptors (Lipinski definition) is 6. The fourth-order valence-electron chi connectivity index (χ4n) is 3.91. The van der Waals surface area contributed by atoms with E-state index < -0.39 is 18.3 Å². The molecule has 2 saturated heterocycles. The summed E-state index contributed by atoms with van der Waals surface area (Å²) in [5.74, 6) is 0.802. The summed E-state index contributed by atoms with van der Waals surface area (Å²) in [5.41, 5.74) is 1.19. The molecule has 4 atom stereocenters. The molecule has 1 aromatic rings. The molecule has 1 aromatic carbocycles. The van der Waals surface area contributed by atoms with Crippen LogP contribution in [-0.4, -0.2) is 61.7 Å². The van der Waals surface area contributed by atoms with Crippen molar-refractivity contribution in [3.05, 3.63) is 29.8 Å². The van der Waals surface area contributed by atoms with Crippen molar-refractivity contribution in [2.45, 2.75) is 56.4 Å². The highest BCUT2D eigenvalue weighted by atomic mass is 16.6. The molecule has 2 heterocycles. The first-order valence-corrected chi connectivity index (χ1v) is 9.73. The van der Waals surface area contributed by atoms with Crippen molar-refractivity contribution in [1.29, 1.82) is 0 Å². The monoisotopic (exact) mass is 377 g/mol. The average molecular weight is 377 g/mol. The van der Waals surface area contributed by atoms with E-state index in [0.29, 0.717) is 19.5 Å². The molecule has 0 spiro atoms. The van der Waals surface area contributed by atoms with E-state index in [9.17, 15) is 9.90 Å². The maximum atomic E-state index is 12.2. The highest BCUT2D eigenvalue weighted by Crippen LogP contribution is 2.22. The van der Waals surface area contributed by atoms with Crippen LogP contribution in [0.15, 0.2) is 24.3 Å². The molecule has 27 heavy (non-hydrogen) atoms. The Hall–Kier alpha value is -1.83. The molecule has 7 nitrogen and oxygen atoms in total. The Bertz CT molecular complexity index is 616. The van der Waals surface area contributed by atoms with Crippen molar-refractivity contribution >= 4 is 6.09 Å². The minimum Gasteiger partial charge on any atom is -0.497 e. The molecule has 0 bridgehead atoms. The molecule has 3 rings (SSSR count). The second-order valence-electron chi connectivity index (χ2n) is 7.77. The summed E-state index contributed by atoms with van der Waals surface area (Å²) in [4.78, 5) is 12.2. The zero-order chi connectivity index (χ0) is 19.3. The van der Waals surface area contributed by atoms with Crippen molar-refractivity contribution in [3.8, 4) is 5.75 Å². The first-order valence-electron chi connectivity index (χ1n) is 9.73. The zero-order valence-electron chi connectivity index (χ0n) is 16.2. The van der Waals surface area contributed by atoms with Crippen molar-refractivity contribution in [3.63, 3.8) is 0 Å². The topological polar surface area (TPSA) is 91.8 Å². The van der Waals surface area contributed by atoms with Gasteiger partial charge in [0.05, 0.1) is 13.2 Å². The average Bonchev–Trinajstić information content (AvgIpc) is 3.23. The first kappa shape index (κ1) is 19.9. The minimum atomic E-state index is -0.701. The molecule has 1 amide bonds. The molecule has 0 aliphatic carbocycles. The van der Waals surface area contributed by atoms with Gasteiger partial charge in [0.1, 0.15) is 18.0 Å². The molecular formula is C20H31N3O4. The normalized spacial score (nSPS) is 30.3. The van der Waals surface area contributed by atoms with Gasteiger partial charge in [-0.2, -0.15) is 0 Å². The lowest BCUT2D eigenvalue weighted by Gasteiger charge is -2.25. The van der Waals surface area contributed by atoms with E-state index in [1.54, 1.807) is 7.11 Å². The van der Waals surface area contributed by atoms with Crippen LogP contribution in [0, 0.1) is 0 Å². The van der Waals surface area contributed by atoms with Gasteiger partial charge in [-0.3, -0.25) is 0 Å². The van der Waals surface area contributed by atoms with Gasteiger partial charge in [0.2, 0.25) is 0 Å². The fraction of sp³-hybridized carbons (Fsp3) is 0.650. The summed E-state index contributed by atoms with van der Waals surface area (Å²) in [5, 5.41) is 19.8. The van der Waals surface area contributed by atoms with Gasteiger partial charge in [-0.25, -0.2) is 4.79 Å². The van der Waals surface area contributed by atoms with Crippen LogP contribution < -0.4 is 20.7 Å². The minimum absolute atomic E-state index is 0.0958. The number of carbonyl (C=O) groups is 1. The summed E-state index contributed by atoms with van der Waals surface area (Å²) >= 11 is 0. The highest BCUT2D eigenvalue weighted by molar-refractivity contribution is 5.67. The Balaban J connectivity index is 1.48. The largest absolute Gasteiger partial charge is 0.497 e. The Kier molecular flexibility index (Phi) is 6.57. The standard InChI is InChI=1S/C20H31N3O4/c1-20(8-3-10-23-20)9-11-21-19(25)27-18-16(22-13-17(18)24)12-14-4-6-15(26-2)7-5-14/h4-7,16-18,22-24H,3,8-13H2,1-2H3,(H,21,25)/t16-,17+,18+,20-/m1/s1.